The normalized spacial score (nSPS) is 29.0. The number of ether oxygens (including phenoxy) is 1. The lowest BCUT2D eigenvalue weighted by Crippen LogP contribution is -2.42. The van der Waals surface area contributed by atoms with Crippen LogP contribution in [-0.4, -0.2) is 70.3 Å². The van der Waals surface area contributed by atoms with E-state index in [1.807, 2.05) is 0 Å². The van der Waals surface area contributed by atoms with Crippen molar-refractivity contribution >= 4 is 28.7 Å². The number of hydrogen-bond acceptors (Lipinski definition) is 8. The Morgan fingerprint density at radius 1 is 1.43 bits per heavy atom. The van der Waals surface area contributed by atoms with Gasteiger partial charge in [-0.1, -0.05) is 0 Å². The van der Waals surface area contributed by atoms with Gasteiger partial charge in [0.25, 0.3) is 5.56 Å². The highest BCUT2D eigenvalue weighted by atomic mass is 35.5. The molecule has 0 saturated carbocycles. The van der Waals surface area contributed by atoms with E-state index in [0.29, 0.717) is 0 Å². The van der Waals surface area contributed by atoms with Crippen molar-refractivity contribution in [3.8, 4) is 0 Å². The topological polar surface area (TPSA) is 171 Å². The first-order chi connectivity index (χ1) is 10.8. The number of carboxylic acids is 1. The second-order valence-corrected chi connectivity index (χ2v) is 5.29. The fraction of sp³-hybridized carbons (Fsp3) is 0.455. The molecule has 3 heterocycles. The Kier molecular flexibility index (Phi) is 3.82. The van der Waals surface area contributed by atoms with E-state index in [1.54, 1.807) is 0 Å². The van der Waals surface area contributed by atoms with Gasteiger partial charge in [0.1, 0.15) is 18.3 Å². The molecule has 5 N–H and O–H groups in total. The molecular formula is C11H11ClN4O7. The molecule has 0 aliphatic carbocycles. The van der Waals surface area contributed by atoms with Gasteiger partial charge in [0.15, 0.2) is 23.5 Å². The Balaban J connectivity index is 2.03. The number of imidazole rings is 1. The molecule has 23 heavy (non-hydrogen) atoms. The number of aromatic nitrogens is 4. The minimum absolute atomic E-state index is 0.0273. The number of nitrogens with one attached hydrogen (secondary N) is 1. The summed E-state index contributed by atoms with van der Waals surface area (Å²) in [4.78, 5) is 32.4. The highest BCUT2D eigenvalue weighted by Crippen LogP contribution is 2.32. The number of aliphatic hydroxyl groups is 3. The molecule has 0 aromatic carbocycles. The summed E-state index contributed by atoms with van der Waals surface area (Å²) in [6.07, 6.45) is -7.03. The van der Waals surface area contributed by atoms with Crippen molar-refractivity contribution in [2.75, 3.05) is 0 Å². The van der Waals surface area contributed by atoms with Crippen molar-refractivity contribution in [1.29, 1.82) is 0 Å². The summed E-state index contributed by atoms with van der Waals surface area (Å²) >= 11 is 5.67. The van der Waals surface area contributed by atoms with Crippen LogP contribution in [0.1, 0.15) is 6.23 Å². The molecule has 1 fully saturated rings. The average molecular weight is 347 g/mol. The van der Waals surface area contributed by atoms with Crippen molar-refractivity contribution < 1.29 is 30.0 Å². The molecule has 0 radical (unpaired) electrons. The van der Waals surface area contributed by atoms with Crippen LogP contribution >= 0.6 is 11.6 Å². The SMILES string of the molecule is O=C(O)C(O)[C@H]1O[C@@H](n2cnc3c(=O)[nH]c(Cl)nc32)[C@H](O)[C@@H]1O. The van der Waals surface area contributed by atoms with Gasteiger partial charge in [-0.05, 0) is 11.6 Å². The smallest absolute Gasteiger partial charge is 0.335 e. The fourth-order valence-corrected chi connectivity index (χ4v) is 2.57. The lowest BCUT2D eigenvalue weighted by molar-refractivity contribution is -0.160. The Hall–Kier alpha value is -2.05. The van der Waals surface area contributed by atoms with Crippen LogP contribution in [-0.2, 0) is 9.53 Å². The minimum Gasteiger partial charge on any atom is -0.479 e. The van der Waals surface area contributed by atoms with Crippen LogP contribution in [0.4, 0.5) is 0 Å². The van der Waals surface area contributed by atoms with Gasteiger partial charge < -0.3 is 25.2 Å². The number of nitrogens with zero attached hydrogens (tertiary/aromatic N) is 3. The molecule has 0 bridgehead atoms. The first-order valence-corrected chi connectivity index (χ1v) is 6.74. The summed E-state index contributed by atoms with van der Waals surface area (Å²) in [6, 6.07) is 0. The summed E-state index contributed by atoms with van der Waals surface area (Å²) < 4.78 is 6.36. The van der Waals surface area contributed by atoms with E-state index in [-0.39, 0.29) is 16.4 Å². The van der Waals surface area contributed by atoms with Crippen molar-refractivity contribution in [2.24, 2.45) is 0 Å². The van der Waals surface area contributed by atoms with Gasteiger partial charge in [-0.3, -0.25) is 14.3 Å². The third-order valence-electron chi connectivity index (χ3n) is 3.52. The van der Waals surface area contributed by atoms with E-state index in [0.717, 1.165) is 10.9 Å². The van der Waals surface area contributed by atoms with Gasteiger partial charge in [-0.25, -0.2) is 9.78 Å². The zero-order valence-corrected chi connectivity index (χ0v) is 12.0. The van der Waals surface area contributed by atoms with Gasteiger partial charge in [0.05, 0.1) is 6.33 Å². The molecule has 5 atom stereocenters. The van der Waals surface area contributed by atoms with Crippen molar-refractivity contribution in [1.82, 2.24) is 19.5 Å². The van der Waals surface area contributed by atoms with E-state index in [9.17, 15) is 24.9 Å². The summed E-state index contributed by atoms with van der Waals surface area (Å²) in [6.45, 7) is 0. The van der Waals surface area contributed by atoms with Crippen LogP contribution in [0.3, 0.4) is 0 Å². The molecule has 1 aliphatic heterocycles. The van der Waals surface area contributed by atoms with E-state index < -0.39 is 42.2 Å². The number of fused-ring (bicyclic) bond motifs is 1. The third-order valence-corrected chi connectivity index (χ3v) is 3.70. The Labute approximate surface area is 131 Å². The van der Waals surface area contributed by atoms with Crippen LogP contribution < -0.4 is 5.56 Å². The summed E-state index contributed by atoms with van der Waals surface area (Å²) in [5.41, 5.74) is -0.726. The van der Waals surface area contributed by atoms with Gasteiger partial charge in [-0.2, -0.15) is 4.98 Å². The molecule has 3 rings (SSSR count). The maximum atomic E-state index is 11.7. The number of halogens is 1. The highest BCUT2D eigenvalue weighted by molar-refractivity contribution is 6.28. The van der Waals surface area contributed by atoms with Crippen LogP contribution in [0.15, 0.2) is 11.1 Å². The lowest BCUT2D eigenvalue weighted by atomic mass is 10.1. The quantitative estimate of drug-likeness (QED) is 0.388. The van der Waals surface area contributed by atoms with Crippen LogP contribution in [0.25, 0.3) is 11.2 Å². The maximum absolute atomic E-state index is 11.7. The number of hydrogen-bond donors (Lipinski definition) is 5. The molecule has 12 heteroatoms. The molecule has 1 saturated heterocycles. The second kappa shape index (κ2) is 5.54. The van der Waals surface area contributed by atoms with Crippen molar-refractivity contribution in [3.63, 3.8) is 0 Å². The second-order valence-electron chi connectivity index (χ2n) is 4.94. The molecule has 124 valence electrons. The molecule has 0 spiro atoms. The highest BCUT2D eigenvalue weighted by Gasteiger charge is 2.49. The Morgan fingerprint density at radius 3 is 2.78 bits per heavy atom. The van der Waals surface area contributed by atoms with E-state index >= 15 is 0 Å². The lowest BCUT2D eigenvalue weighted by Gasteiger charge is -2.17. The van der Waals surface area contributed by atoms with Gasteiger partial charge in [0, 0.05) is 0 Å². The molecule has 1 aliphatic rings. The molecule has 2 aromatic rings. The third kappa shape index (κ3) is 2.48. The molecule has 1 unspecified atom stereocenters. The number of carboxylic acid groups (broad SMARTS) is 1. The average Bonchev–Trinajstić information content (AvgIpc) is 3.01. The van der Waals surface area contributed by atoms with E-state index in [4.69, 9.17) is 21.4 Å². The van der Waals surface area contributed by atoms with Gasteiger partial charge >= 0.3 is 5.97 Å². The van der Waals surface area contributed by atoms with Crippen LogP contribution in [0.5, 0.6) is 0 Å². The number of aliphatic carboxylic acids is 1. The van der Waals surface area contributed by atoms with Crippen LogP contribution in [0.2, 0.25) is 5.28 Å². The van der Waals surface area contributed by atoms with Crippen molar-refractivity contribution in [2.45, 2.75) is 30.6 Å². The van der Waals surface area contributed by atoms with Crippen LogP contribution in [0, 0.1) is 0 Å². The number of carbonyl (C=O) groups is 1. The zero-order chi connectivity index (χ0) is 16.9. The van der Waals surface area contributed by atoms with Crippen molar-refractivity contribution in [3.05, 3.63) is 22.0 Å². The summed E-state index contributed by atoms with van der Waals surface area (Å²) in [5, 5.41) is 38.0. The monoisotopic (exact) mass is 346 g/mol. The predicted octanol–water partition coefficient (Wildman–Crippen LogP) is -2.16. The minimum atomic E-state index is -2.04. The standard InChI is InChI=1S/C11H11ClN4O7/c12-11-14-7-2(8(20)15-11)13-1-16(7)9-4(18)3(17)6(23-9)5(19)10(21)22/h1,3-6,9,17-19H,(H,21,22)(H,14,15,20)/t3-,4+,5?,6-,9+/m0/s1. The number of rotatable bonds is 3. The summed E-state index contributed by atoms with van der Waals surface area (Å²) in [7, 11) is 0. The van der Waals surface area contributed by atoms with Gasteiger partial charge in [0.2, 0.25) is 5.28 Å². The molecule has 11 nitrogen and oxygen atoms in total. The first kappa shape index (κ1) is 15.8. The van der Waals surface area contributed by atoms with Gasteiger partial charge in [-0.15, -0.1) is 0 Å². The molecule has 0 amide bonds. The molecule has 2 aromatic heterocycles. The number of aromatic amines is 1. The number of H-pyrrole nitrogens is 1. The fourth-order valence-electron chi connectivity index (χ4n) is 2.40. The zero-order valence-electron chi connectivity index (χ0n) is 11.2. The number of aliphatic hydroxyl groups excluding tert-OH is 3. The molecular weight excluding hydrogens is 336 g/mol. The first-order valence-electron chi connectivity index (χ1n) is 6.36. The Morgan fingerprint density at radius 2 is 2.13 bits per heavy atom. The largest absolute Gasteiger partial charge is 0.479 e. The maximum Gasteiger partial charge on any atom is 0.335 e. The van der Waals surface area contributed by atoms with E-state index in [1.165, 1.54) is 0 Å². The Bertz CT molecular complexity index is 820. The predicted molar refractivity (Wildman–Crippen MR) is 72.7 cm³/mol. The van der Waals surface area contributed by atoms with E-state index in [2.05, 4.69) is 15.0 Å². The summed E-state index contributed by atoms with van der Waals surface area (Å²) in [5.74, 6) is -1.62.